The predicted octanol–water partition coefficient (Wildman–Crippen LogP) is 2.57. The molecular weight excluding hydrogens is 336 g/mol. The molecule has 7 heteroatoms. The molecule has 0 spiro atoms. The summed E-state index contributed by atoms with van der Waals surface area (Å²) in [4.78, 5) is 4.66. The SMILES string of the molecule is CCCS(=O)(=O)N1CCC(NC(=NCCCCC(C)C)NCC)CC1. The largest absolute Gasteiger partial charge is 0.357 e. The highest BCUT2D eigenvalue weighted by molar-refractivity contribution is 7.89. The molecule has 1 rings (SSSR count). The van der Waals surface area contributed by atoms with E-state index in [1.165, 1.54) is 12.8 Å². The van der Waals surface area contributed by atoms with Crippen molar-refractivity contribution in [3.63, 3.8) is 0 Å². The van der Waals surface area contributed by atoms with E-state index in [9.17, 15) is 8.42 Å². The molecule has 6 nitrogen and oxygen atoms in total. The lowest BCUT2D eigenvalue weighted by atomic mass is 10.1. The fraction of sp³-hybridized carbons (Fsp3) is 0.944. The van der Waals surface area contributed by atoms with Crippen molar-refractivity contribution in [2.45, 2.75) is 72.3 Å². The van der Waals surface area contributed by atoms with E-state index < -0.39 is 10.0 Å². The van der Waals surface area contributed by atoms with E-state index in [0.29, 0.717) is 25.6 Å². The van der Waals surface area contributed by atoms with Crippen LogP contribution in [0.25, 0.3) is 0 Å². The Morgan fingerprint density at radius 3 is 2.44 bits per heavy atom. The van der Waals surface area contributed by atoms with Crippen molar-refractivity contribution in [1.82, 2.24) is 14.9 Å². The lowest BCUT2D eigenvalue weighted by Crippen LogP contribution is -2.50. The highest BCUT2D eigenvalue weighted by Gasteiger charge is 2.27. The van der Waals surface area contributed by atoms with Crippen LogP contribution in [0.3, 0.4) is 0 Å². The summed E-state index contributed by atoms with van der Waals surface area (Å²) in [6, 6.07) is 0.293. The van der Waals surface area contributed by atoms with E-state index in [1.807, 2.05) is 6.92 Å². The van der Waals surface area contributed by atoms with Crippen LogP contribution < -0.4 is 10.6 Å². The Morgan fingerprint density at radius 1 is 1.20 bits per heavy atom. The Bertz CT molecular complexity index is 483. The summed E-state index contributed by atoms with van der Waals surface area (Å²) < 4.78 is 25.9. The molecule has 1 heterocycles. The molecule has 0 bridgehead atoms. The van der Waals surface area contributed by atoms with Gasteiger partial charge in [-0.25, -0.2) is 12.7 Å². The third kappa shape index (κ3) is 8.90. The number of rotatable bonds is 10. The first-order valence-electron chi connectivity index (χ1n) is 9.91. The molecule has 0 aromatic carbocycles. The first kappa shape index (κ1) is 22.2. The maximum absolute atomic E-state index is 12.1. The van der Waals surface area contributed by atoms with Gasteiger partial charge in [-0.15, -0.1) is 0 Å². The second-order valence-electron chi connectivity index (χ2n) is 7.28. The van der Waals surface area contributed by atoms with Crippen LogP contribution in [0.4, 0.5) is 0 Å². The van der Waals surface area contributed by atoms with Gasteiger partial charge in [0.15, 0.2) is 5.96 Å². The Kier molecular flexibility index (Phi) is 10.4. The summed E-state index contributed by atoms with van der Waals surface area (Å²) in [6.07, 6.45) is 5.93. The molecule has 25 heavy (non-hydrogen) atoms. The van der Waals surface area contributed by atoms with E-state index in [2.05, 4.69) is 36.4 Å². The Morgan fingerprint density at radius 2 is 1.88 bits per heavy atom. The zero-order chi connectivity index (χ0) is 18.7. The number of unbranched alkanes of at least 4 members (excludes halogenated alkanes) is 1. The summed E-state index contributed by atoms with van der Waals surface area (Å²) in [5.74, 6) is 1.87. The molecule has 1 fully saturated rings. The van der Waals surface area contributed by atoms with Gasteiger partial charge in [-0.05, 0) is 38.5 Å². The van der Waals surface area contributed by atoms with Crippen LogP contribution in [0.1, 0.15) is 66.2 Å². The molecule has 0 amide bonds. The van der Waals surface area contributed by atoms with Crippen LogP contribution in [-0.4, -0.2) is 56.7 Å². The normalized spacial score (nSPS) is 17.9. The lowest BCUT2D eigenvalue weighted by Gasteiger charge is -2.32. The molecule has 0 aromatic heterocycles. The maximum atomic E-state index is 12.1. The van der Waals surface area contributed by atoms with E-state index in [0.717, 1.165) is 44.2 Å². The summed E-state index contributed by atoms with van der Waals surface area (Å²) >= 11 is 0. The molecule has 0 radical (unpaired) electrons. The monoisotopic (exact) mass is 374 g/mol. The Hall–Kier alpha value is -0.820. The second kappa shape index (κ2) is 11.7. The minimum Gasteiger partial charge on any atom is -0.357 e. The van der Waals surface area contributed by atoms with Crippen molar-refractivity contribution in [3.8, 4) is 0 Å². The smallest absolute Gasteiger partial charge is 0.214 e. The molecule has 0 aliphatic carbocycles. The van der Waals surface area contributed by atoms with Gasteiger partial charge in [0.1, 0.15) is 0 Å². The van der Waals surface area contributed by atoms with Crippen LogP contribution in [0, 0.1) is 5.92 Å². The van der Waals surface area contributed by atoms with Crippen molar-refractivity contribution < 1.29 is 8.42 Å². The topological polar surface area (TPSA) is 73.8 Å². The number of piperidine rings is 1. The molecule has 148 valence electrons. The van der Waals surface area contributed by atoms with Gasteiger partial charge in [0.2, 0.25) is 10.0 Å². The van der Waals surface area contributed by atoms with Crippen LogP contribution >= 0.6 is 0 Å². The number of guanidine groups is 1. The summed E-state index contributed by atoms with van der Waals surface area (Å²) in [5.41, 5.74) is 0. The highest BCUT2D eigenvalue weighted by atomic mass is 32.2. The van der Waals surface area contributed by atoms with Crippen molar-refractivity contribution in [2.24, 2.45) is 10.9 Å². The van der Waals surface area contributed by atoms with Gasteiger partial charge in [-0.1, -0.05) is 33.6 Å². The van der Waals surface area contributed by atoms with Gasteiger partial charge < -0.3 is 10.6 Å². The quantitative estimate of drug-likeness (QED) is 0.350. The van der Waals surface area contributed by atoms with Crippen LogP contribution in [0.5, 0.6) is 0 Å². The van der Waals surface area contributed by atoms with Gasteiger partial charge in [-0.3, -0.25) is 4.99 Å². The number of hydrogen-bond acceptors (Lipinski definition) is 3. The molecule has 0 unspecified atom stereocenters. The first-order chi connectivity index (χ1) is 11.9. The summed E-state index contributed by atoms with van der Waals surface area (Å²) in [5, 5.41) is 6.78. The molecule has 1 aliphatic rings. The number of aliphatic imine (C=N–C) groups is 1. The molecule has 0 aromatic rings. The van der Waals surface area contributed by atoms with E-state index in [-0.39, 0.29) is 5.75 Å². The van der Waals surface area contributed by atoms with Crippen molar-refractivity contribution in [1.29, 1.82) is 0 Å². The zero-order valence-electron chi connectivity index (χ0n) is 16.6. The van der Waals surface area contributed by atoms with Crippen molar-refractivity contribution >= 4 is 16.0 Å². The van der Waals surface area contributed by atoms with Crippen LogP contribution in [-0.2, 0) is 10.0 Å². The van der Waals surface area contributed by atoms with E-state index >= 15 is 0 Å². The predicted molar refractivity (Wildman–Crippen MR) is 106 cm³/mol. The minimum absolute atomic E-state index is 0.256. The Labute approximate surface area is 154 Å². The van der Waals surface area contributed by atoms with E-state index in [4.69, 9.17) is 0 Å². The summed E-state index contributed by atoms with van der Waals surface area (Å²) in [7, 11) is -3.06. The van der Waals surface area contributed by atoms with Gasteiger partial charge in [0.05, 0.1) is 5.75 Å². The van der Waals surface area contributed by atoms with Crippen LogP contribution in [0.2, 0.25) is 0 Å². The van der Waals surface area contributed by atoms with Gasteiger partial charge in [0, 0.05) is 32.2 Å². The lowest BCUT2D eigenvalue weighted by molar-refractivity contribution is 0.306. The van der Waals surface area contributed by atoms with Gasteiger partial charge >= 0.3 is 0 Å². The zero-order valence-corrected chi connectivity index (χ0v) is 17.4. The summed E-state index contributed by atoms with van der Waals surface area (Å²) in [6.45, 7) is 11.4. The molecule has 2 N–H and O–H groups in total. The maximum Gasteiger partial charge on any atom is 0.214 e. The average molecular weight is 375 g/mol. The Balaban J connectivity index is 2.41. The highest BCUT2D eigenvalue weighted by Crippen LogP contribution is 2.15. The van der Waals surface area contributed by atoms with Gasteiger partial charge in [-0.2, -0.15) is 0 Å². The first-order valence-corrected chi connectivity index (χ1v) is 11.5. The molecule has 1 aliphatic heterocycles. The van der Waals surface area contributed by atoms with E-state index in [1.54, 1.807) is 4.31 Å². The number of sulfonamides is 1. The fourth-order valence-electron chi connectivity index (χ4n) is 3.03. The van der Waals surface area contributed by atoms with Crippen molar-refractivity contribution in [2.75, 3.05) is 31.9 Å². The second-order valence-corrected chi connectivity index (χ2v) is 9.37. The fourth-order valence-corrected chi connectivity index (χ4v) is 4.58. The molecule has 0 atom stereocenters. The number of nitrogens with zero attached hydrogens (tertiary/aromatic N) is 2. The molecule has 0 saturated carbocycles. The van der Waals surface area contributed by atoms with Crippen molar-refractivity contribution in [3.05, 3.63) is 0 Å². The minimum atomic E-state index is -3.06. The molecular formula is C18H38N4O2S. The third-order valence-electron chi connectivity index (χ3n) is 4.45. The van der Waals surface area contributed by atoms with Gasteiger partial charge in [0.25, 0.3) is 0 Å². The van der Waals surface area contributed by atoms with Crippen LogP contribution in [0.15, 0.2) is 4.99 Å². The number of nitrogens with one attached hydrogen (secondary N) is 2. The molecule has 1 saturated heterocycles. The third-order valence-corrected chi connectivity index (χ3v) is 6.53. The average Bonchev–Trinajstić information content (AvgIpc) is 2.55. The number of hydrogen-bond donors (Lipinski definition) is 2. The standard InChI is InChI=1S/C18H38N4O2S/c1-5-15-25(23,24)22-13-10-17(11-14-22)21-18(19-6-2)20-12-8-7-9-16(3)4/h16-17H,5-15H2,1-4H3,(H2,19,20,21).